The van der Waals surface area contributed by atoms with E-state index in [0.29, 0.717) is 5.69 Å². The largest absolute Gasteiger partial charge is 0.369 e. The molecule has 23 heavy (non-hydrogen) atoms. The fourth-order valence-electron chi connectivity index (χ4n) is 2.96. The molecule has 1 aromatic carbocycles. The van der Waals surface area contributed by atoms with Crippen molar-refractivity contribution >= 4 is 21.4 Å². The van der Waals surface area contributed by atoms with Gasteiger partial charge in [0.1, 0.15) is 6.23 Å². The number of anilines is 1. The third-order valence-electron chi connectivity index (χ3n) is 4.13. The highest BCUT2D eigenvalue weighted by atomic mass is 32.2. The summed E-state index contributed by atoms with van der Waals surface area (Å²) in [5.41, 5.74) is -0.0396. The van der Waals surface area contributed by atoms with Crippen LogP contribution in [0.4, 0.5) is 11.4 Å². The Morgan fingerprint density at radius 2 is 2.13 bits per heavy atom. The van der Waals surface area contributed by atoms with Crippen molar-refractivity contribution in [2.45, 2.75) is 36.6 Å². The molecule has 0 bridgehead atoms. The van der Waals surface area contributed by atoms with Crippen molar-refractivity contribution in [3.8, 4) is 0 Å². The van der Waals surface area contributed by atoms with E-state index in [0.717, 1.165) is 38.5 Å². The van der Waals surface area contributed by atoms with Crippen LogP contribution in [0.25, 0.3) is 0 Å². The third-order valence-corrected chi connectivity index (χ3v) is 5.09. The molecule has 1 aromatic rings. The zero-order valence-corrected chi connectivity index (χ0v) is 13.2. The first-order chi connectivity index (χ1) is 10.9. The molecule has 3 N–H and O–H groups in total. The predicted octanol–water partition coefficient (Wildman–Crippen LogP) is 0.822. The Morgan fingerprint density at radius 3 is 2.70 bits per heavy atom. The van der Waals surface area contributed by atoms with E-state index >= 15 is 0 Å². The van der Waals surface area contributed by atoms with E-state index in [9.17, 15) is 18.5 Å². The van der Waals surface area contributed by atoms with Gasteiger partial charge in [0.2, 0.25) is 10.0 Å². The van der Waals surface area contributed by atoms with Gasteiger partial charge < -0.3 is 10.1 Å². The second-order valence-electron chi connectivity index (χ2n) is 5.64. The summed E-state index contributed by atoms with van der Waals surface area (Å²) in [7, 11) is -4.14. The smallest absolute Gasteiger partial charge is 0.291 e. The van der Waals surface area contributed by atoms with Gasteiger partial charge in [-0.1, -0.05) is 0 Å². The van der Waals surface area contributed by atoms with Gasteiger partial charge in [-0.25, -0.2) is 13.6 Å². The summed E-state index contributed by atoms with van der Waals surface area (Å²) in [6.07, 6.45) is 2.98. The molecule has 1 unspecified atom stereocenters. The number of hydrogen-bond donors (Lipinski definition) is 2. The number of ether oxygens (including phenoxy) is 1. The Labute approximate surface area is 133 Å². The monoisotopic (exact) mass is 342 g/mol. The van der Waals surface area contributed by atoms with Gasteiger partial charge >= 0.3 is 0 Å². The van der Waals surface area contributed by atoms with Gasteiger partial charge in [-0.05, 0) is 25.0 Å². The molecule has 3 rings (SSSR count). The molecule has 0 amide bonds. The number of likely N-dealkylation sites (tertiary alicyclic amines) is 1. The number of sulfonamides is 1. The van der Waals surface area contributed by atoms with Gasteiger partial charge in [0.05, 0.1) is 17.7 Å². The molecule has 2 aliphatic rings. The molecule has 2 atom stereocenters. The highest BCUT2D eigenvalue weighted by Crippen LogP contribution is 2.30. The molecular formula is C13H18N4O5S. The van der Waals surface area contributed by atoms with Crippen LogP contribution >= 0.6 is 0 Å². The Balaban J connectivity index is 1.83. The Morgan fingerprint density at radius 1 is 1.39 bits per heavy atom. The molecule has 0 saturated carbocycles. The van der Waals surface area contributed by atoms with Crippen LogP contribution in [0, 0.1) is 10.1 Å². The normalized spacial score (nSPS) is 25.1. The molecule has 2 aliphatic heterocycles. The average molecular weight is 342 g/mol. The first kappa shape index (κ1) is 16.1. The molecule has 2 fully saturated rings. The van der Waals surface area contributed by atoms with E-state index in [1.807, 2.05) is 0 Å². The maximum Gasteiger partial charge on any atom is 0.291 e. The number of rotatable bonds is 5. The van der Waals surface area contributed by atoms with Crippen LogP contribution in [0.5, 0.6) is 0 Å². The van der Waals surface area contributed by atoms with Crippen LogP contribution in [0.15, 0.2) is 23.1 Å². The highest BCUT2D eigenvalue weighted by molar-refractivity contribution is 7.89. The summed E-state index contributed by atoms with van der Waals surface area (Å²) in [5, 5.41) is 19.4. The predicted molar refractivity (Wildman–Crippen MR) is 82.2 cm³/mol. The summed E-state index contributed by atoms with van der Waals surface area (Å²) in [6, 6.07) is 3.86. The van der Waals surface area contributed by atoms with E-state index in [2.05, 4.69) is 10.2 Å². The Bertz CT molecular complexity index is 719. The fourth-order valence-corrected chi connectivity index (χ4v) is 3.64. The Hall–Kier alpha value is -1.75. The van der Waals surface area contributed by atoms with Gasteiger partial charge in [-0.2, -0.15) is 0 Å². The summed E-state index contributed by atoms with van der Waals surface area (Å²) in [4.78, 5) is 12.1. The van der Waals surface area contributed by atoms with Crippen LogP contribution in [0.2, 0.25) is 0 Å². The molecule has 2 heterocycles. The zero-order valence-electron chi connectivity index (χ0n) is 12.3. The van der Waals surface area contributed by atoms with Gasteiger partial charge in [0.15, 0.2) is 4.90 Å². The average Bonchev–Trinajstić information content (AvgIpc) is 2.83. The van der Waals surface area contributed by atoms with Crippen molar-refractivity contribution in [2.24, 2.45) is 5.14 Å². The summed E-state index contributed by atoms with van der Waals surface area (Å²) in [5.74, 6) is 0. The van der Waals surface area contributed by atoms with E-state index in [-0.39, 0.29) is 12.4 Å². The summed E-state index contributed by atoms with van der Waals surface area (Å²) < 4.78 is 28.4. The van der Waals surface area contributed by atoms with Crippen LogP contribution < -0.4 is 10.5 Å². The molecule has 0 spiro atoms. The second kappa shape index (κ2) is 6.04. The van der Waals surface area contributed by atoms with Crippen molar-refractivity contribution in [1.82, 2.24) is 4.90 Å². The number of primary sulfonamides is 1. The minimum atomic E-state index is -4.14. The lowest BCUT2D eigenvalue weighted by Gasteiger charge is -2.38. The van der Waals surface area contributed by atoms with Crippen molar-refractivity contribution in [1.29, 1.82) is 0 Å². The molecule has 10 heteroatoms. The van der Waals surface area contributed by atoms with Gasteiger partial charge in [-0.3, -0.25) is 15.0 Å². The quantitative estimate of drug-likeness (QED) is 0.599. The molecule has 126 valence electrons. The number of hydrogen-bond acceptors (Lipinski definition) is 7. The number of nitrogens with one attached hydrogen (secondary N) is 1. The number of nitrogens with two attached hydrogens (primary N) is 1. The minimum absolute atomic E-state index is 0.0141. The maximum absolute atomic E-state index is 11.4. The van der Waals surface area contributed by atoms with Gasteiger partial charge in [0, 0.05) is 24.7 Å². The van der Waals surface area contributed by atoms with Crippen LogP contribution in [-0.2, 0) is 14.8 Å². The fraction of sp³-hybridized carbons (Fsp3) is 0.538. The molecule has 9 nitrogen and oxygen atoms in total. The van der Waals surface area contributed by atoms with Crippen molar-refractivity contribution in [3.05, 3.63) is 28.3 Å². The minimum Gasteiger partial charge on any atom is -0.369 e. The SMILES string of the molecule is NS(=O)(=O)c1ccc(N[C@@H]2CCCN2C2CCO2)cc1[N+](=O)[O-]. The lowest BCUT2D eigenvalue weighted by molar-refractivity contribution is -0.387. The van der Waals surface area contributed by atoms with E-state index in [4.69, 9.17) is 9.88 Å². The topological polar surface area (TPSA) is 128 Å². The van der Waals surface area contributed by atoms with Crippen LogP contribution in [0.3, 0.4) is 0 Å². The number of benzene rings is 1. The molecule has 0 aliphatic carbocycles. The van der Waals surface area contributed by atoms with E-state index in [1.54, 1.807) is 0 Å². The van der Waals surface area contributed by atoms with E-state index in [1.165, 1.54) is 12.1 Å². The molecule has 2 saturated heterocycles. The lowest BCUT2D eigenvalue weighted by Crippen LogP contribution is -2.49. The molecule has 0 radical (unpaired) electrons. The number of nitrogens with zero attached hydrogens (tertiary/aromatic N) is 2. The van der Waals surface area contributed by atoms with Gasteiger partial charge in [-0.15, -0.1) is 0 Å². The Kier molecular flexibility index (Phi) is 4.23. The highest BCUT2D eigenvalue weighted by Gasteiger charge is 2.35. The maximum atomic E-state index is 11.4. The number of nitro groups is 1. The van der Waals surface area contributed by atoms with Crippen molar-refractivity contribution in [2.75, 3.05) is 18.5 Å². The first-order valence-electron chi connectivity index (χ1n) is 7.31. The molecule has 0 aromatic heterocycles. The van der Waals surface area contributed by atoms with Crippen LogP contribution in [-0.4, -0.2) is 43.8 Å². The van der Waals surface area contributed by atoms with Gasteiger partial charge in [0.25, 0.3) is 5.69 Å². The summed E-state index contributed by atoms with van der Waals surface area (Å²) >= 11 is 0. The second-order valence-corrected chi connectivity index (χ2v) is 7.17. The van der Waals surface area contributed by atoms with Crippen molar-refractivity contribution < 1.29 is 18.1 Å². The first-order valence-corrected chi connectivity index (χ1v) is 8.86. The standard InChI is InChI=1S/C13H18N4O5S/c14-23(20,21)11-4-3-9(8-10(11)17(18)19)15-12-2-1-6-16(12)13-5-7-22-13/h3-4,8,12-13,15H,1-2,5-7H2,(H2,14,20,21)/t12-,13?/m0/s1. The van der Waals surface area contributed by atoms with Crippen LogP contribution in [0.1, 0.15) is 19.3 Å². The lowest BCUT2D eigenvalue weighted by atomic mass is 10.2. The third kappa shape index (κ3) is 3.29. The molecular weight excluding hydrogens is 324 g/mol. The van der Waals surface area contributed by atoms with Crippen molar-refractivity contribution in [3.63, 3.8) is 0 Å². The summed E-state index contributed by atoms with van der Waals surface area (Å²) in [6.45, 7) is 1.65. The zero-order chi connectivity index (χ0) is 16.6. The number of nitro benzene ring substituents is 1. The van der Waals surface area contributed by atoms with E-state index < -0.39 is 25.5 Å².